The van der Waals surface area contributed by atoms with Gasteiger partial charge in [-0.1, -0.05) is 28.9 Å². The van der Waals surface area contributed by atoms with Gasteiger partial charge in [-0.25, -0.2) is 4.98 Å². The van der Waals surface area contributed by atoms with Crippen LogP contribution in [0, 0.1) is 6.92 Å². The Morgan fingerprint density at radius 3 is 2.95 bits per heavy atom. The third kappa shape index (κ3) is 4.30. The number of aromatic nitrogens is 1. The lowest BCUT2D eigenvalue weighted by molar-refractivity contribution is 0.667. The van der Waals surface area contributed by atoms with E-state index in [1.807, 2.05) is 0 Å². The number of halogens is 1. The number of rotatable bonds is 6. The van der Waals surface area contributed by atoms with E-state index in [0.29, 0.717) is 0 Å². The molecule has 1 aromatic heterocycles. The second-order valence-corrected chi connectivity index (χ2v) is 6.12. The molecule has 19 heavy (non-hydrogen) atoms. The van der Waals surface area contributed by atoms with Crippen LogP contribution in [0.15, 0.2) is 28.1 Å². The molecule has 2 aromatic rings. The molecule has 5 heteroatoms. The van der Waals surface area contributed by atoms with Crippen LogP contribution in [0.4, 0.5) is 10.8 Å². The van der Waals surface area contributed by atoms with Gasteiger partial charge in [-0.3, -0.25) is 0 Å². The number of anilines is 2. The minimum atomic E-state index is 0.837. The van der Waals surface area contributed by atoms with Gasteiger partial charge in [-0.2, -0.15) is 0 Å². The fraction of sp³-hybridized carbons (Fsp3) is 0.357. The number of nitrogens with one attached hydrogen (secondary N) is 2. The minimum Gasteiger partial charge on any atom is -0.332 e. The first-order valence-corrected chi connectivity index (χ1v) is 8.04. The molecule has 0 saturated heterocycles. The Balaban J connectivity index is 1.97. The van der Waals surface area contributed by atoms with Crippen molar-refractivity contribution in [2.45, 2.75) is 26.8 Å². The van der Waals surface area contributed by atoms with Crippen LogP contribution in [-0.4, -0.2) is 11.5 Å². The minimum absolute atomic E-state index is 0.837. The molecule has 0 saturated carbocycles. The topological polar surface area (TPSA) is 37.0 Å². The van der Waals surface area contributed by atoms with Crippen LogP contribution in [0.1, 0.15) is 24.6 Å². The summed E-state index contributed by atoms with van der Waals surface area (Å²) in [7, 11) is 0. The molecule has 0 aliphatic rings. The van der Waals surface area contributed by atoms with Crippen LogP contribution in [0.5, 0.6) is 0 Å². The van der Waals surface area contributed by atoms with Crippen molar-refractivity contribution in [1.82, 2.24) is 10.3 Å². The predicted molar refractivity (Wildman–Crippen MR) is 86.3 cm³/mol. The highest BCUT2D eigenvalue weighted by Crippen LogP contribution is 2.25. The molecule has 2 rings (SSSR count). The number of hydrogen-bond acceptors (Lipinski definition) is 4. The maximum absolute atomic E-state index is 4.56. The van der Waals surface area contributed by atoms with E-state index in [1.54, 1.807) is 11.3 Å². The number of aryl methyl sites for hydroxylation is 1. The molecule has 102 valence electrons. The van der Waals surface area contributed by atoms with Crippen LogP contribution in [0.3, 0.4) is 0 Å². The van der Waals surface area contributed by atoms with Crippen LogP contribution in [-0.2, 0) is 6.54 Å². The van der Waals surface area contributed by atoms with Gasteiger partial charge in [0, 0.05) is 22.1 Å². The van der Waals surface area contributed by atoms with E-state index in [1.165, 1.54) is 5.56 Å². The van der Waals surface area contributed by atoms with Gasteiger partial charge in [0.2, 0.25) is 0 Å². The van der Waals surface area contributed by atoms with Gasteiger partial charge in [-0.05, 0) is 37.6 Å². The molecule has 2 N–H and O–H groups in total. The van der Waals surface area contributed by atoms with Crippen molar-refractivity contribution in [1.29, 1.82) is 0 Å². The second-order valence-electron chi connectivity index (χ2n) is 4.41. The zero-order chi connectivity index (χ0) is 13.7. The van der Waals surface area contributed by atoms with E-state index in [9.17, 15) is 0 Å². The molecule has 0 spiro atoms. The van der Waals surface area contributed by atoms with E-state index in [-0.39, 0.29) is 0 Å². The van der Waals surface area contributed by atoms with Crippen LogP contribution < -0.4 is 10.6 Å². The summed E-state index contributed by atoms with van der Waals surface area (Å²) < 4.78 is 1.11. The van der Waals surface area contributed by atoms with Crippen molar-refractivity contribution in [3.8, 4) is 0 Å². The van der Waals surface area contributed by atoms with Crippen LogP contribution in [0.25, 0.3) is 0 Å². The Hall–Kier alpha value is -0.910. The first kappa shape index (κ1) is 14.5. The Morgan fingerprint density at radius 1 is 1.37 bits per heavy atom. The molecule has 3 nitrogen and oxygen atoms in total. The highest BCUT2D eigenvalue weighted by Gasteiger charge is 2.03. The predicted octanol–water partition coefficient (Wildman–Crippen LogP) is 4.46. The lowest BCUT2D eigenvalue weighted by atomic mass is 10.2. The van der Waals surface area contributed by atoms with Gasteiger partial charge in [0.1, 0.15) is 0 Å². The van der Waals surface area contributed by atoms with Crippen LogP contribution in [0.2, 0.25) is 0 Å². The van der Waals surface area contributed by atoms with Gasteiger partial charge in [0.05, 0.1) is 5.69 Å². The first-order valence-electron chi connectivity index (χ1n) is 6.37. The molecule has 0 bridgehead atoms. The molecule has 0 fully saturated rings. The zero-order valence-electron chi connectivity index (χ0n) is 11.2. The monoisotopic (exact) mass is 339 g/mol. The molecule has 0 radical (unpaired) electrons. The second kappa shape index (κ2) is 7.03. The van der Waals surface area contributed by atoms with Crippen molar-refractivity contribution < 1.29 is 0 Å². The third-order valence-corrected chi connectivity index (χ3v) is 4.37. The zero-order valence-corrected chi connectivity index (χ0v) is 13.6. The molecular formula is C14H18BrN3S. The van der Waals surface area contributed by atoms with Gasteiger partial charge >= 0.3 is 0 Å². The van der Waals surface area contributed by atoms with Crippen LogP contribution >= 0.6 is 27.3 Å². The van der Waals surface area contributed by atoms with E-state index in [2.05, 4.69) is 69.0 Å². The Morgan fingerprint density at radius 2 is 2.21 bits per heavy atom. The highest BCUT2D eigenvalue weighted by atomic mass is 79.9. The number of benzene rings is 1. The van der Waals surface area contributed by atoms with Gasteiger partial charge < -0.3 is 10.6 Å². The third-order valence-electron chi connectivity index (χ3n) is 2.71. The van der Waals surface area contributed by atoms with Crippen molar-refractivity contribution in [2.75, 3.05) is 11.9 Å². The summed E-state index contributed by atoms with van der Waals surface area (Å²) in [4.78, 5) is 4.56. The largest absolute Gasteiger partial charge is 0.332 e. The van der Waals surface area contributed by atoms with E-state index >= 15 is 0 Å². The smallest absolute Gasteiger partial charge is 0.187 e. The van der Waals surface area contributed by atoms with Gasteiger partial charge in [-0.15, -0.1) is 11.3 Å². The first-order chi connectivity index (χ1) is 9.19. The standard InChI is InChI=1S/C14H18BrN3S/c1-3-6-16-8-12-9-19-14(18-12)17-11-5-4-10(2)13(15)7-11/h4-5,7,9,16H,3,6,8H2,1-2H3,(H,17,18). The normalized spacial score (nSPS) is 10.7. The number of nitrogens with zero attached hydrogens (tertiary/aromatic N) is 1. The van der Waals surface area contributed by atoms with Crippen molar-refractivity contribution in [2.24, 2.45) is 0 Å². The van der Waals surface area contributed by atoms with Crippen molar-refractivity contribution in [3.05, 3.63) is 39.3 Å². The summed E-state index contributed by atoms with van der Waals surface area (Å²) in [6, 6.07) is 6.23. The highest BCUT2D eigenvalue weighted by molar-refractivity contribution is 9.10. The molecule has 0 aliphatic heterocycles. The van der Waals surface area contributed by atoms with E-state index < -0.39 is 0 Å². The number of thiazole rings is 1. The molecule has 0 amide bonds. The fourth-order valence-corrected chi connectivity index (χ4v) is 2.74. The Kier molecular flexibility index (Phi) is 5.36. The SMILES string of the molecule is CCCNCc1csc(Nc2ccc(C)c(Br)c2)n1. The van der Waals surface area contributed by atoms with Crippen molar-refractivity contribution >= 4 is 38.1 Å². The maximum atomic E-state index is 4.56. The fourth-order valence-electron chi connectivity index (χ4n) is 1.63. The molecular weight excluding hydrogens is 322 g/mol. The quantitative estimate of drug-likeness (QED) is 0.763. The summed E-state index contributed by atoms with van der Waals surface area (Å²) in [6.45, 7) is 6.11. The summed E-state index contributed by atoms with van der Waals surface area (Å²) >= 11 is 5.17. The summed E-state index contributed by atoms with van der Waals surface area (Å²) in [6.07, 6.45) is 1.15. The van der Waals surface area contributed by atoms with Gasteiger partial charge in [0.15, 0.2) is 5.13 Å². The lowest BCUT2D eigenvalue weighted by Gasteiger charge is -2.05. The molecule has 1 heterocycles. The molecule has 0 aliphatic carbocycles. The summed E-state index contributed by atoms with van der Waals surface area (Å²) in [5, 5.41) is 9.71. The maximum Gasteiger partial charge on any atom is 0.187 e. The average Bonchev–Trinajstić information content (AvgIpc) is 2.82. The molecule has 0 atom stereocenters. The average molecular weight is 340 g/mol. The van der Waals surface area contributed by atoms with E-state index in [4.69, 9.17) is 0 Å². The number of hydrogen-bond donors (Lipinski definition) is 2. The van der Waals surface area contributed by atoms with Crippen molar-refractivity contribution in [3.63, 3.8) is 0 Å². The van der Waals surface area contributed by atoms with Gasteiger partial charge in [0.25, 0.3) is 0 Å². The Labute approximate surface area is 126 Å². The summed E-state index contributed by atoms with van der Waals surface area (Å²) in [5.41, 5.74) is 3.38. The molecule has 1 aromatic carbocycles. The van der Waals surface area contributed by atoms with E-state index in [0.717, 1.165) is 40.5 Å². The molecule has 0 unspecified atom stereocenters. The lowest BCUT2D eigenvalue weighted by Crippen LogP contribution is -2.13. The Bertz CT molecular complexity index is 539. The summed E-state index contributed by atoms with van der Waals surface area (Å²) in [5.74, 6) is 0.